The highest BCUT2D eigenvalue weighted by atomic mass is 19.4. The molecule has 0 amide bonds. The molecular weight excluding hydrogens is 379 g/mol. The van der Waals surface area contributed by atoms with E-state index in [-0.39, 0.29) is 24.5 Å². The first-order valence-corrected chi connectivity index (χ1v) is 8.58. The minimum Gasteiger partial charge on any atom is -0.380 e. The lowest BCUT2D eigenvalue weighted by molar-refractivity contribution is -0.147. The summed E-state index contributed by atoms with van der Waals surface area (Å²) in [6.07, 6.45) is -4.71. The average molecular weight is 396 g/mol. The smallest absolute Gasteiger partial charge is 0.380 e. The van der Waals surface area contributed by atoms with Gasteiger partial charge in [-0.3, -0.25) is 0 Å². The molecule has 1 heterocycles. The topological polar surface area (TPSA) is 27.1 Å². The Hall–Kier alpha value is -2.74. The molecule has 8 heteroatoms. The number of rotatable bonds is 6. The largest absolute Gasteiger partial charge is 0.449 e. The van der Waals surface area contributed by atoms with Crippen molar-refractivity contribution in [3.05, 3.63) is 66.0 Å². The van der Waals surface area contributed by atoms with Crippen LogP contribution in [-0.2, 0) is 17.5 Å². The molecule has 0 bridgehead atoms. The molecule has 0 aliphatic carbocycles. The van der Waals surface area contributed by atoms with E-state index in [1.165, 1.54) is 24.3 Å². The van der Waals surface area contributed by atoms with Crippen molar-refractivity contribution in [2.75, 3.05) is 13.2 Å². The molecule has 3 nitrogen and oxygen atoms in total. The summed E-state index contributed by atoms with van der Waals surface area (Å²) >= 11 is 0. The predicted molar refractivity (Wildman–Crippen MR) is 94.5 cm³/mol. The molecule has 2 aromatic carbocycles. The van der Waals surface area contributed by atoms with Crippen molar-refractivity contribution in [2.45, 2.75) is 19.6 Å². The number of ether oxygens (including phenoxy) is 1. The summed E-state index contributed by atoms with van der Waals surface area (Å²) in [4.78, 5) is 3.83. The summed E-state index contributed by atoms with van der Waals surface area (Å²) in [5.41, 5.74) is 0.885. The van der Waals surface area contributed by atoms with Crippen molar-refractivity contribution in [1.29, 1.82) is 0 Å². The van der Waals surface area contributed by atoms with Gasteiger partial charge in [0.15, 0.2) is 0 Å². The second kappa shape index (κ2) is 8.10. The van der Waals surface area contributed by atoms with Crippen LogP contribution in [0.5, 0.6) is 0 Å². The number of aromatic nitrogens is 2. The SMILES string of the molecule is CCOCCn1c(C(F)(F)F)nc(-c2ccc(F)cc2)c1-c1ccc(F)cc1. The Morgan fingerprint density at radius 2 is 1.43 bits per heavy atom. The second-order valence-corrected chi connectivity index (χ2v) is 5.99. The fourth-order valence-electron chi connectivity index (χ4n) is 2.90. The van der Waals surface area contributed by atoms with Gasteiger partial charge < -0.3 is 9.30 Å². The van der Waals surface area contributed by atoms with E-state index in [1.54, 1.807) is 6.92 Å². The monoisotopic (exact) mass is 396 g/mol. The van der Waals surface area contributed by atoms with Crippen LogP contribution in [0.4, 0.5) is 22.0 Å². The number of imidazole rings is 1. The molecular formula is C20H17F5N2O. The standard InChI is InChI=1S/C20H17F5N2O/c1-2-28-12-11-27-18(14-5-9-16(22)10-6-14)17(26-19(27)20(23,24)25)13-3-7-15(21)8-4-13/h3-10H,2,11-12H2,1H3. The van der Waals surface area contributed by atoms with Crippen molar-refractivity contribution in [3.8, 4) is 22.5 Å². The van der Waals surface area contributed by atoms with E-state index >= 15 is 0 Å². The van der Waals surface area contributed by atoms with Gasteiger partial charge >= 0.3 is 6.18 Å². The maximum Gasteiger partial charge on any atom is 0.449 e. The highest BCUT2D eigenvalue weighted by Gasteiger charge is 2.39. The Bertz CT molecular complexity index is 931. The third-order valence-corrected chi connectivity index (χ3v) is 4.12. The summed E-state index contributed by atoms with van der Waals surface area (Å²) in [5, 5.41) is 0. The first-order chi connectivity index (χ1) is 13.3. The summed E-state index contributed by atoms with van der Waals surface area (Å²) in [6, 6.07) is 10.1. The lowest BCUT2D eigenvalue weighted by atomic mass is 10.0. The molecule has 0 atom stereocenters. The van der Waals surface area contributed by atoms with Crippen LogP contribution in [0.25, 0.3) is 22.5 Å². The van der Waals surface area contributed by atoms with Crippen LogP contribution in [0.2, 0.25) is 0 Å². The van der Waals surface area contributed by atoms with E-state index in [9.17, 15) is 22.0 Å². The van der Waals surface area contributed by atoms with E-state index in [0.717, 1.165) is 28.8 Å². The third-order valence-electron chi connectivity index (χ3n) is 4.12. The summed E-state index contributed by atoms with van der Waals surface area (Å²) < 4.78 is 73.9. The van der Waals surface area contributed by atoms with Crippen molar-refractivity contribution >= 4 is 0 Å². The second-order valence-electron chi connectivity index (χ2n) is 5.99. The number of halogens is 5. The molecule has 3 aromatic rings. The summed E-state index contributed by atoms with van der Waals surface area (Å²) in [5.74, 6) is -2.12. The van der Waals surface area contributed by atoms with Gasteiger partial charge in [-0.1, -0.05) is 0 Å². The maximum absolute atomic E-state index is 13.7. The molecule has 0 spiro atoms. The van der Waals surface area contributed by atoms with Gasteiger partial charge in [0.05, 0.1) is 18.0 Å². The van der Waals surface area contributed by atoms with Gasteiger partial charge in [0.25, 0.3) is 0 Å². The molecule has 0 saturated heterocycles. The molecule has 0 aliphatic rings. The first kappa shape index (κ1) is 20.0. The van der Waals surface area contributed by atoms with E-state index in [4.69, 9.17) is 4.74 Å². The van der Waals surface area contributed by atoms with E-state index in [1.807, 2.05) is 0 Å². The molecule has 0 fully saturated rings. The van der Waals surface area contributed by atoms with Gasteiger partial charge in [0.1, 0.15) is 11.6 Å². The number of nitrogens with zero attached hydrogens (tertiary/aromatic N) is 2. The number of alkyl halides is 3. The van der Waals surface area contributed by atoms with E-state index in [0.29, 0.717) is 17.7 Å². The zero-order valence-electron chi connectivity index (χ0n) is 14.9. The van der Waals surface area contributed by atoms with E-state index in [2.05, 4.69) is 4.98 Å². The lowest BCUT2D eigenvalue weighted by Crippen LogP contribution is -2.18. The number of hydrogen-bond donors (Lipinski definition) is 0. The molecule has 0 radical (unpaired) electrons. The van der Waals surface area contributed by atoms with Gasteiger partial charge in [-0.25, -0.2) is 13.8 Å². The van der Waals surface area contributed by atoms with Crippen molar-refractivity contribution in [1.82, 2.24) is 9.55 Å². The van der Waals surface area contributed by atoms with Gasteiger partial charge in [-0.15, -0.1) is 0 Å². The fraction of sp³-hybridized carbons (Fsp3) is 0.250. The van der Waals surface area contributed by atoms with Crippen LogP contribution in [0.1, 0.15) is 12.7 Å². The highest BCUT2D eigenvalue weighted by molar-refractivity contribution is 5.79. The minimum atomic E-state index is -4.71. The van der Waals surface area contributed by atoms with Gasteiger partial charge in [-0.05, 0) is 55.5 Å². The normalized spacial score (nSPS) is 11.8. The van der Waals surface area contributed by atoms with Crippen LogP contribution < -0.4 is 0 Å². The Kier molecular flexibility index (Phi) is 5.79. The maximum atomic E-state index is 13.7. The van der Waals surface area contributed by atoms with Crippen LogP contribution in [0, 0.1) is 11.6 Å². The quantitative estimate of drug-likeness (QED) is 0.403. The molecule has 28 heavy (non-hydrogen) atoms. The Morgan fingerprint density at radius 1 is 0.893 bits per heavy atom. The molecule has 0 unspecified atom stereocenters. The number of hydrogen-bond acceptors (Lipinski definition) is 2. The first-order valence-electron chi connectivity index (χ1n) is 8.58. The van der Waals surface area contributed by atoms with Gasteiger partial charge in [0.2, 0.25) is 5.82 Å². The van der Waals surface area contributed by atoms with E-state index < -0.39 is 23.6 Å². The Morgan fingerprint density at radius 3 is 1.93 bits per heavy atom. The van der Waals surface area contributed by atoms with Crippen LogP contribution in [-0.4, -0.2) is 22.8 Å². The predicted octanol–water partition coefficient (Wildman–Crippen LogP) is 5.55. The fourth-order valence-corrected chi connectivity index (χ4v) is 2.90. The van der Waals surface area contributed by atoms with Crippen LogP contribution in [0.15, 0.2) is 48.5 Å². The molecule has 0 N–H and O–H groups in total. The zero-order chi connectivity index (χ0) is 20.3. The van der Waals surface area contributed by atoms with Crippen molar-refractivity contribution in [3.63, 3.8) is 0 Å². The Balaban J connectivity index is 2.24. The lowest BCUT2D eigenvalue weighted by Gasteiger charge is -2.14. The number of benzene rings is 2. The van der Waals surface area contributed by atoms with Crippen LogP contribution >= 0.6 is 0 Å². The highest BCUT2D eigenvalue weighted by Crippen LogP contribution is 2.38. The molecule has 0 aliphatic heterocycles. The van der Waals surface area contributed by atoms with Crippen molar-refractivity contribution in [2.24, 2.45) is 0 Å². The minimum absolute atomic E-state index is 0.0374. The molecule has 148 valence electrons. The Labute approximate surface area is 158 Å². The zero-order valence-corrected chi connectivity index (χ0v) is 14.9. The van der Waals surface area contributed by atoms with Crippen molar-refractivity contribution < 1.29 is 26.7 Å². The van der Waals surface area contributed by atoms with Gasteiger partial charge in [0, 0.05) is 24.3 Å². The van der Waals surface area contributed by atoms with Crippen LogP contribution in [0.3, 0.4) is 0 Å². The summed E-state index contributed by atoms with van der Waals surface area (Å²) in [7, 11) is 0. The average Bonchev–Trinajstić information content (AvgIpc) is 3.03. The molecule has 3 rings (SSSR count). The summed E-state index contributed by atoms with van der Waals surface area (Å²) in [6.45, 7) is 2.05. The molecule has 1 aromatic heterocycles. The van der Waals surface area contributed by atoms with Gasteiger partial charge in [-0.2, -0.15) is 13.2 Å². The third kappa shape index (κ3) is 4.22. The molecule has 0 saturated carbocycles.